The highest BCUT2D eigenvalue weighted by atomic mass is 16.2. The zero-order chi connectivity index (χ0) is 61.4. The fraction of sp³-hybridized carbons (Fsp3) is 0.493. The monoisotopic (exact) mass is 1170 g/mol. The maximum atomic E-state index is 11.4. The Balaban J connectivity index is 0.000000156. The van der Waals surface area contributed by atoms with E-state index in [4.69, 9.17) is 22.0 Å². The number of nitrogens with one attached hydrogen (secondary N) is 2. The number of benzene rings is 5. The van der Waals surface area contributed by atoms with Gasteiger partial charge in [0.25, 0.3) is 0 Å². The largest absolute Gasteiger partial charge is 0.338 e. The van der Waals surface area contributed by atoms with Gasteiger partial charge in [0.2, 0.25) is 0 Å². The van der Waals surface area contributed by atoms with Gasteiger partial charge in [0, 0.05) is 103 Å². The standard InChI is InChI=1S/C16H23N3O.C15H25N3.C15H17N3.C15H18N2.C12H15NO/c20-15-17-9-6-16(13-18-15)7-10-19(11-8-16)12-14-4-2-1-3-5-14;2*16-9-6-15(13-17)7-10-18(11-8-15)12-14-4-2-1-3-5-14;1-13(11-16)15-7-9-17(10-8-15)12-14-5-3-2-4-6-14;14-12-6-8-13(9-7-12)10-11-4-2-1-3-5-11/h1-5H,6-13H2,(H2,17,18,20);1-5H,6-13,16-17H2;1-5H,6-8,10-12H2;2-6H,7-10,12H2,1H3;1-5H,6-10H2. The van der Waals surface area contributed by atoms with Crippen molar-refractivity contribution in [3.05, 3.63) is 191 Å². The zero-order valence-electron chi connectivity index (χ0n) is 52.1. The van der Waals surface area contributed by atoms with E-state index in [1.165, 1.54) is 59.1 Å². The molecule has 0 aliphatic carbocycles. The number of likely N-dealkylation sites (tertiary alicyclic amines) is 5. The molecule has 87 heavy (non-hydrogen) atoms. The maximum Gasteiger partial charge on any atom is 0.314 e. The highest BCUT2D eigenvalue weighted by Crippen LogP contribution is 2.37. The first-order valence-electron chi connectivity index (χ1n) is 32.1. The molecular formula is C73H98N12O2. The Morgan fingerprint density at radius 2 is 0.851 bits per heavy atom. The lowest BCUT2D eigenvalue weighted by atomic mass is 9.75. The van der Waals surface area contributed by atoms with Crippen LogP contribution in [0.5, 0.6) is 0 Å². The number of hydrogen-bond donors (Lipinski definition) is 4. The number of Topliss-reactive ketones (excluding diaryl/α,β-unsaturated/α-hetero) is 1. The van der Waals surface area contributed by atoms with E-state index in [9.17, 15) is 14.9 Å². The summed E-state index contributed by atoms with van der Waals surface area (Å²) in [5.41, 5.74) is 20.9. The number of piperidine rings is 5. The summed E-state index contributed by atoms with van der Waals surface area (Å²) in [4.78, 5) is 34.6. The van der Waals surface area contributed by atoms with Crippen molar-refractivity contribution in [2.24, 2.45) is 27.7 Å². The molecule has 6 fully saturated rings. The summed E-state index contributed by atoms with van der Waals surface area (Å²) in [5.74, 6) is 0.411. The van der Waals surface area contributed by atoms with Gasteiger partial charge in [-0.15, -0.1) is 0 Å². The van der Waals surface area contributed by atoms with Gasteiger partial charge in [0.05, 0.1) is 30.0 Å². The van der Waals surface area contributed by atoms with E-state index in [-0.39, 0.29) is 6.03 Å². The molecule has 2 amide bonds. The van der Waals surface area contributed by atoms with Crippen molar-refractivity contribution in [3.63, 3.8) is 0 Å². The molecule has 14 heteroatoms. The van der Waals surface area contributed by atoms with Crippen LogP contribution in [0.25, 0.3) is 0 Å². The highest BCUT2D eigenvalue weighted by molar-refractivity contribution is 5.79. The zero-order valence-corrected chi connectivity index (χ0v) is 52.1. The van der Waals surface area contributed by atoms with Crippen LogP contribution < -0.4 is 22.1 Å². The molecule has 0 aromatic heterocycles. The first-order chi connectivity index (χ1) is 42.4. The van der Waals surface area contributed by atoms with Crippen LogP contribution in [0.1, 0.15) is 118 Å². The molecule has 462 valence electrons. The van der Waals surface area contributed by atoms with Crippen molar-refractivity contribution >= 4 is 11.8 Å². The Morgan fingerprint density at radius 3 is 1.21 bits per heavy atom. The Hall–Kier alpha value is -7.03. The van der Waals surface area contributed by atoms with E-state index in [0.717, 1.165) is 181 Å². The third kappa shape index (κ3) is 23.2. The summed E-state index contributed by atoms with van der Waals surface area (Å²) in [6.07, 6.45) is 12.5. The minimum absolute atomic E-state index is 0.00594. The lowest BCUT2D eigenvalue weighted by molar-refractivity contribution is -0.121. The molecule has 0 radical (unpaired) electrons. The molecule has 14 nitrogen and oxygen atoms in total. The quantitative estimate of drug-likeness (QED) is 0.0769. The number of nitriles is 3. The van der Waals surface area contributed by atoms with Gasteiger partial charge in [-0.25, -0.2) is 4.79 Å². The first-order valence-corrected chi connectivity index (χ1v) is 32.1. The SMILES string of the molecule is CC(C#N)=C1CCN(Cc2ccccc2)CC1.N#CCC1(C#N)CCN(Cc2ccccc2)CC1.NCCC1(CN)CCN(Cc2ccccc2)CC1.O=C1CCN(Cc2ccccc2)CC1.O=C1NCCC2(CCN(Cc3ccccc3)CC2)CN1. The van der Waals surface area contributed by atoms with Gasteiger partial charge in [-0.3, -0.25) is 29.3 Å². The Labute approximate surface area is 521 Å². The second kappa shape index (κ2) is 36.3. The predicted octanol–water partition coefficient (Wildman–Crippen LogP) is 11.2. The molecule has 6 N–H and O–H groups in total. The number of rotatable bonds is 14. The molecule has 1 spiro atoms. The first kappa shape index (κ1) is 67.5. The number of urea groups is 1. The van der Waals surface area contributed by atoms with E-state index in [2.05, 4.69) is 193 Å². The summed E-state index contributed by atoms with van der Waals surface area (Å²) >= 11 is 0. The third-order valence-corrected chi connectivity index (χ3v) is 18.8. The third-order valence-electron chi connectivity index (χ3n) is 18.8. The number of nitrogens with zero attached hydrogens (tertiary/aromatic N) is 8. The van der Waals surface area contributed by atoms with Gasteiger partial charge in [-0.1, -0.05) is 157 Å². The van der Waals surface area contributed by atoms with Crippen LogP contribution >= 0.6 is 0 Å². The lowest BCUT2D eigenvalue weighted by Gasteiger charge is -2.41. The smallest absolute Gasteiger partial charge is 0.314 e. The van der Waals surface area contributed by atoms with Crippen molar-refractivity contribution in [2.45, 2.75) is 123 Å². The number of hydrogen-bond acceptors (Lipinski definition) is 12. The van der Waals surface area contributed by atoms with Crippen LogP contribution in [0.2, 0.25) is 0 Å². The molecule has 11 rings (SSSR count). The predicted molar refractivity (Wildman–Crippen MR) is 350 cm³/mol. The summed E-state index contributed by atoms with van der Waals surface area (Å²) in [6.45, 7) is 20.5. The summed E-state index contributed by atoms with van der Waals surface area (Å²) in [6, 6.07) is 59.5. The Kier molecular flexibility index (Phi) is 28.2. The molecule has 0 bridgehead atoms. The second-order valence-corrected chi connectivity index (χ2v) is 25.0. The van der Waals surface area contributed by atoms with E-state index in [1.807, 2.05) is 19.1 Å². The van der Waals surface area contributed by atoms with Crippen molar-refractivity contribution in [1.82, 2.24) is 35.1 Å². The Morgan fingerprint density at radius 1 is 0.483 bits per heavy atom. The second-order valence-electron chi connectivity index (χ2n) is 25.0. The van der Waals surface area contributed by atoms with Gasteiger partial charge in [0.1, 0.15) is 5.78 Å². The van der Waals surface area contributed by atoms with Crippen LogP contribution in [0.15, 0.2) is 163 Å². The van der Waals surface area contributed by atoms with Crippen LogP contribution in [-0.4, -0.2) is 128 Å². The van der Waals surface area contributed by atoms with Gasteiger partial charge < -0.3 is 22.1 Å². The number of allylic oxidation sites excluding steroid dienone is 1. The van der Waals surface area contributed by atoms with Crippen LogP contribution in [0.4, 0.5) is 4.79 Å². The number of ketones is 1. The molecule has 5 aromatic rings. The van der Waals surface area contributed by atoms with Crippen molar-refractivity contribution in [2.75, 3.05) is 91.6 Å². The van der Waals surface area contributed by atoms with Gasteiger partial charge >= 0.3 is 6.03 Å². The normalized spacial score (nSPS) is 19.5. The molecule has 6 saturated heterocycles. The van der Waals surface area contributed by atoms with Crippen molar-refractivity contribution < 1.29 is 9.59 Å². The molecule has 6 aliphatic heterocycles. The van der Waals surface area contributed by atoms with E-state index < -0.39 is 5.41 Å². The van der Waals surface area contributed by atoms with Crippen molar-refractivity contribution in [1.29, 1.82) is 15.8 Å². The van der Waals surface area contributed by atoms with E-state index in [1.54, 1.807) is 0 Å². The lowest BCUT2D eigenvalue weighted by Crippen LogP contribution is -2.44. The number of carbonyl (C=O) groups excluding carboxylic acids is 2. The fourth-order valence-electron chi connectivity index (χ4n) is 12.7. The molecule has 6 heterocycles. The van der Waals surface area contributed by atoms with Gasteiger partial charge in [-0.05, 0) is 149 Å². The van der Waals surface area contributed by atoms with E-state index in [0.29, 0.717) is 23.0 Å². The molecule has 0 atom stereocenters. The summed E-state index contributed by atoms with van der Waals surface area (Å²) in [5, 5.41) is 32.8. The Bertz CT molecular complexity index is 2920. The van der Waals surface area contributed by atoms with Gasteiger partial charge in [-0.2, -0.15) is 15.8 Å². The summed E-state index contributed by atoms with van der Waals surface area (Å²) < 4.78 is 0. The molecule has 6 aliphatic rings. The topological polar surface area (TPSA) is 198 Å². The van der Waals surface area contributed by atoms with E-state index >= 15 is 0 Å². The van der Waals surface area contributed by atoms with Gasteiger partial charge in [0.15, 0.2) is 0 Å². The van der Waals surface area contributed by atoms with Crippen molar-refractivity contribution in [3.8, 4) is 18.2 Å². The number of carbonyl (C=O) groups is 2. The molecular weight excluding hydrogens is 1080 g/mol. The minimum Gasteiger partial charge on any atom is -0.338 e. The van der Waals surface area contributed by atoms with Crippen LogP contribution in [0, 0.1) is 50.2 Å². The average Bonchev–Trinajstić information content (AvgIpc) is 3.96. The van der Waals surface area contributed by atoms with Crippen LogP contribution in [-0.2, 0) is 37.5 Å². The highest BCUT2D eigenvalue weighted by Gasteiger charge is 2.37. The fourth-order valence-corrected chi connectivity index (χ4v) is 12.7. The molecule has 5 aromatic carbocycles. The average molecular weight is 1180 g/mol. The minimum atomic E-state index is -0.401. The maximum absolute atomic E-state index is 11.4. The summed E-state index contributed by atoms with van der Waals surface area (Å²) in [7, 11) is 0. The molecule has 0 saturated carbocycles. The number of nitrogens with two attached hydrogens (primary N) is 2. The number of amides is 2. The molecule has 0 unspecified atom stereocenters. The van der Waals surface area contributed by atoms with Crippen LogP contribution in [0.3, 0.4) is 0 Å².